The summed E-state index contributed by atoms with van der Waals surface area (Å²) in [7, 11) is 3.15. The lowest BCUT2D eigenvalue weighted by Gasteiger charge is -2.22. The van der Waals surface area contributed by atoms with Crippen molar-refractivity contribution in [3.05, 3.63) is 21.7 Å². The monoisotopic (exact) mass is 330 g/mol. The van der Waals surface area contributed by atoms with Crippen LogP contribution in [0.2, 0.25) is 0 Å². The van der Waals surface area contributed by atoms with E-state index in [2.05, 4.69) is 15.9 Å². The van der Waals surface area contributed by atoms with Crippen LogP contribution in [0.5, 0.6) is 11.5 Å². The maximum absolute atomic E-state index is 11.2. The highest BCUT2D eigenvalue weighted by molar-refractivity contribution is 9.10. The fraction of sp³-hybridized carbons (Fsp3) is 0.500. The van der Waals surface area contributed by atoms with Crippen molar-refractivity contribution >= 4 is 21.9 Å². The molecule has 0 bridgehead atoms. The summed E-state index contributed by atoms with van der Waals surface area (Å²) in [6.45, 7) is 5.32. The maximum Gasteiger partial charge on any atom is 0.309 e. The summed E-state index contributed by atoms with van der Waals surface area (Å²) >= 11 is 3.43. The first-order chi connectivity index (χ1) is 8.74. The minimum absolute atomic E-state index is 0.424. The number of hydrogen-bond acceptors (Lipinski definition) is 3. The Labute approximate surface area is 121 Å². The summed E-state index contributed by atoms with van der Waals surface area (Å²) < 4.78 is 11.4. The highest BCUT2D eigenvalue weighted by atomic mass is 79.9. The third kappa shape index (κ3) is 3.21. The van der Waals surface area contributed by atoms with E-state index in [1.807, 2.05) is 13.0 Å². The third-order valence-corrected chi connectivity index (χ3v) is 3.75. The van der Waals surface area contributed by atoms with E-state index in [0.717, 1.165) is 15.6 Å². The molecule has 0 heterocycles. The van der Waals surface area contributed by atoms with Crippen molar-refractivity contribution in [2.24, 2.45) is 5.41 Å². The van der Waals surface area contributed by atoms with E-state index in [9.17, 15) is 9.90 Å². The highest BCUT2D eigenvalue weighted by Crippen LogP contribution is 2.41. The molecule has 0 spiro atoms. The Morgan fingerprint density at radius 3 is 2.26 bits per heavy atom. The van der Waals surface area contributed by atoms with Gasteiger partial charge in [-0.1, -0.05) is 0 Å². The average Bonchev–Trinajstić information content (AvgIpc) is 2.32. The zero-order valence-electron chi connectivity index (χ0n) is 11.8. The van der Waals surface area contributed by atoms with Crippen LogP contribution in [0.1, 0.15) is 25.0 Å². The summed E-state index contributed by atoms with van der Waals surface area (Å²) in [5, 5.41) is 9.22. The first kappa shape index (κ1) is 15.8. The van der Waals surface area contributed by atoms with Gasteiger partial charge in [0, 0.05) is 0 Å². The van der Waals surface area contributed by atoms with Crippen LogP contribution < -0.4 is 9.47 Å². The van der Waals surface area contributed by atoms with Crippen molar-refractivity contribution in [2.45, 2.75) is 27.2 Å². The molecule has 0 atom stereocenters. The minimum atomic E-state index is -0.830. The molecule has 1 aromatic rings. The molecule has 1 rings (SSSR count). The Kier molecular flexibility index (Phi) is 4.85. The average molecular weight is 331 g/mol. The summed E-state index contributed by atoms with van der Waals surface area (Å²) in [5.41, 5.74) is 0.998. The van der Waals surface area contributed by atoms with Gasteiger partial charge in [0.15, 0.2) is 11.5 Å². The first-order valence-electron chi connectivity index (χ1n) is 5.88. The van der Waals surface area contributed by atoms with Gasteiger partial charge in [-0.15, -0.1) is 0 Å². The number of hydrogen-bond donors (Lipinski definition) is 1. The summed E-state index contributed by atoms with van der Waals surface area (Å²) in [6.07, 6.45) is 0.424. The molecule has 0 saturated heterocycles. The molecule has 1 aromatic carbocycles. The Morgan fingerprint density at radius 2 is 1.84 bits per heavy atom. The van der Waals surface area contributed by atoms with E-state index < -0.39 is 11.4 Å². The molecule has 0 aliphatic heterocycles. The van der Waals surface area contributed by atoms with Gasteiger partial charge in [0.05, 0.1) is 24.1 Å². The van der Waals surface area contributed by atoms with Gasteiger partial charge < -0.3 is 14.6 Å². The molecule has 0 radical (unpaired) electrons. The molecule has 0 aliphatic carbocycles. The summed E-state index contributed by atoms with van der Waals surface area (Å²) in [4.78, 5) is 11.2. The second-order valence-corrected chi connectivity index (χ2v) is 5.93. The predicted octanol–water partition coefficient (Wildman–Crippen LogP) is 3.43. The highest BCUT2D eigenvalue weighted by Gasteiger charge is 2.29. The minimum Gasteiger partial charge on any atom is -0.493 e. The molecule has 1 N–H and O–H groups in total. The zero-order valence-corrected chi connectivity index (χ0v) is 13.4. The van der Waals surface area contributed by atoms with Gasteiger partial charge in [0.1, 0.15) is 0 Å². The lowest BCUT2D eigenvalue weighted by atomic mass is 9.84. The third-order valence-electron chi connectivity index (χ3n) is 3.17. The van der Waals surface area contributed by atoms with Crippen LogP contribution >= 0.6 is 15.9 Å². The molecule has 5 heteroatoms. The number of rotatable bonds is 5. The fourth-order valence-electron chi connectivity index (χ4n) is 1.92. The second kappa shape index (κ2) is 5.82. The van der Waals surface area contributed by atoms with Gasteiger partial charge in [-0.05, 0) is 60.3 Å². The Morgan fingerprint density at radius 1 is 1.32 bits per heavy atom. The van der Waals surface area contributed by atoms with Crippen molar-refractivity contribution in [1.82, 2.24) is 0 Å². The topological polar surface area (TPSA) is 55.8 Å². The molecular weight excluding hydrogens is 312 g/mol. The number of carbonyl (C=O) groups is 1. The standard InChI is InChI=1S/C14H19BrO4/c1-8-9(7-14(2,3)13(16)17)6-10(15)12(19-5)11(8)18-4/h6H,7H2,1-5H3,(H,16,17). The molecule has 0 aromatic heterocycles. The second-order valence-electron chi connectivity index (χ2n) is 5.07. The van der Waals surface area contributed by atoms with E-state index in [1.54, 1.807) is 28.1 Å². The Bertz CT molecular complexity index is 495. The molecular formula is C14H19BrO4. The molecule has 0 saturated carbocycles. The van der Waals surface area contributed by atoms with Crippen LogP contribution in [-0.4, -0.2) is 25.3 Å². The molecule has 19 heavy (non-hydrogen) atoms. The Balaban J connectivity index is 3.31. The number of benzene rings is 1. The van der Waals surface area contributed by atoms with Crippen LogP contribution in [0.15, 0.2) is 10.5 Å². The number of carboxylic acids is 1. The summed E-state index contributed by atoms with van der Waals surface area (Å²) in [5.74, 6) is 0.433. The van der Waals surface area contributed by atoms with Crippen molar-refractivity contribution < 1.29 is 19.4 Å². The number of methoxy groups -OCH3 is 2. The van der Waals surface area contributed by atoms with E-state index >= 15 is 0 Å². The lowest BCUT2D eigenvalue weighted by Crippen LogP contribution is -2.26. The van der Waals surface area contributed by atoms with Crippen molar-refractivity contribution in [2.75, 3.05) is 14.2 Å². The SMILES string of the molecule is COc1c(Br)cc(CC(C)(C)C(=O)O)c(C)c1OC. The van der Waals surface area contributed by atoms with Crippen LogP contribution in [0.25, 0.3) is 0 Å². The van der Waals surface area contributed by atoms with Crippen molar-refractivity contribution in [3.8, 4) is 11.5 Å². The van der Waals surface area contributed by atoms with Crippen molar-refractivity contribution in [1.29, 1.82) is 0 Å². The Hall–Kier alpha value is -1.23. The van der Waals surface area contributed by atoms with Crippen LogP contribution in [0, 0.1) is 12.3 Å². The van der Waals surface area contributed by atoms with Gasteiger partial charge in [-0.2, -0.15) is 0 Å². The quantitative estimate of drug-likeness (QED) is 0.898. The molecule has 106 valence electrons. The maximum atomic E-state index is 11.2. The van der Waals surface area contributed by atoms with Gasteiger partial charge in [-0.25, -0.2) is 0 Å². The predicted molar refractivity (Wildman–Crippen MR) is 77.1 cm³/mol. The van der Waals surface area contributed by atoms with Crippen LogP contribution in [-0.2, 0) is 11.2 Å². The molecule has 0 unspecified atom stereocenters. The van der Waals surface area contributed by atoms with Crippen LogP contribution in [0.4, 0.5) is 0 Å². The van der Waals surface area contributed by atoms with Crippen molar-refractivity contribution in [3.63, 3.8) is 0 Å². The summed E-state index contributed by atoms with van der Waals surface area (Å²) in [6, 6.07) is 1.89. The first-order valence-corrected chi connectivity index (χ1v) is 6.67. The van der Waals surface area contributed by atoms with E-state index in [1.165, 1.54) is 0 Å². The number of ether oxygens (including phenoxy) is 2. The zero-order chi connectivity index (χ0) is 14.8. The number of halogens is 1. The van der Waals surface area contributed by atoms with Crippen LogP contribution in [0.3, 0.4) is 0 Å². The van der Waals surface area contributed by atoms with Gasteiger partial charge >= 0.3 is 5.97 Å². The largest absolute Gasteiger partial charge is 0.493 e. The molecule has 4 nitrogen and oxygen atoms in total. The van der Waals surface area contributed by atoms with Gasteiger partial charge in [-0.3, -0.25) is 4.79 Å². The van der Waals surface area contributed by atoms with E-state index in [0.29, 0.717) is 17.9 Å². The normalized spacial score (nSPS) is 11.3. The molecule has 0 fully saturated rings. The van der Waals surface area contributed by atoms with E-state index in [-0.39, 0.29) is 0 Å². The number of aliphatic carboxylic acids is 1. The fourth-order valence-corrected chi connectivity index (χ4v) is 2.54. The molecule has 0 aliphatic rings. The number of carboxylic acid groups (broad SMARTS) is 1. The molecule has 0 amide bonds. The van der Waals surface area contributed by atoms with E-state index in [4.69, 9.17) is 9.47 Å². The van der Waals surface area contributed by atoms with Gasteiger partial charge in [0.25, 0.3) is 0 Å². The van der Waals surface area contributed by atoms with Gasteiger partial charge in [0.2, 0.25) is 0 Å². The lowest BCUT2D eigenvalue weighted by molar-refractivity contribution is -0.146. The smallest absolute Gasteiger partial charge is 0.309 e.